The van der Waals surface area contributed by atoms with Crippen LogP contribution in [-0.2, 0) is 14.3 Å². The number of rotatable bonds is 6. The summed E-state index contributed by atoms with van der Waals surface area (Å²) in [6.45, 7) is 2.75. The Bertz CT molecular complexity index is 680. The van der Waals surface area contributed by atoms with Gasteiger partial charge in [-0.1, -0.05) is 54.4 Å². The number of para-hydroxylation sites is 1. The van der Waals surface area contributed by atoms with Gasteiger partial charge in [-0.05, 0) is 24.3 Å². The molecule has 0 amide bonds. The van der Waals surface area contributed by atoms with Crippen molar-refractivity contribution in [3.8, 4) is 5.75 Å². The Morgan fingerprint density at radius 3 is 2.23 bits per heavy atom. The number of allylic oxidation sites excluding steroid dienone is 4. The molecular formula is C18H20Cl2O6. The summed E-state index contributed by atoms with van der Waals surface area (Å²) in [5.41, 5.74) is 0. The minimum absolute atomic E-state index is 0.107. The summed E-state index contributed by atoms with van der Waals surface area (Å²) in [6.07, 6.45) is 5.14. The molecule has 0 saturated heterocycles. The summed E-state index contributed by atoms with van der Waals surface area (Å²) < 4.78 is 10.1. The summed E-state index contributed by atoms with van der Waals surface area (Å²) in [4.78, 5) is 20.7. The van der Waals surface area contributed by atoms with Crippen LogP contribution in [0, 0.1) is 0 Å². The van der Waals surface area contributed by atoms with Crippen LogP contribution < -0.4 is 4.74 Å². The zero-order valence-electron chi connectivity index (χ0n) is 14.3. The number of benzene rings is 1. The van der Waals surface area contributed by atoms with E-state index in [0.717, 1.165) is 6.92 Å². The number of carboxylic acid groups (broad SMARTS) is 2. The molecule has 2 N–H and O–H groups in total. The zero-order valence-corrected chi connectivity index (χ0v) is 15.8. The molecule has 0 spiro atoms. The van der Waals surface area contributed by atoms with Gasteiger partial charge in [0.15, 0.2) is 0 Å². The van der Waals surface area contributed by atoms with E-state index in [-0.39, 0.29) is 12.8 Å². The van der Waals surface area contributed by atoms with Gasteiger partial charge >= 0.3 is 11.8 Å². The fourth-order valence-electron chi connectivity index (χ4n) is 2.01. The fraction of sp³-hybridized carbons (Fsp3) is 0.333. The van der Waals surface area contributed by atoms with Gasteiger partial charge in [-0.15, -0.1) is 0 Å². The molecule has 0 saturated carbocycles. The van der Waals surface area contributed by atoms with Crippen LogP contribution in [0.15, 0.2) is 54.3 Å². The molecule has 26 heavy (non-hydrogen) atoms. The number of halogens is 2. The topological polar surface area (TPSA) is 93.1 Å². The van der Waals surface area contributed by atoms with E-state index in [4.69, 9.17) is 42.6 Å². The zero-order chi connectivity index (χ0) is 19.8. The number of hydrogen-bond acceptors (Lipinski definition) is 4. The van der Waals surface area contributed by atoms with Crippen molar-refractivity contribution in [2.75, 3.05) is 0 Å². The molecule has 6 nitrogen and oxygen atoms in total. The van der Waals surface area contributed by atoms with Gasteiger partial charge in [-0.3, -0.25) is 4.79 Å². The first-order chi connectivity index (χ1) is 12.1. The maximum atomic E-state index is 11.7. The lowest BCUT2D eigenvalue weighted by Crippen LogP contribution is -2.47. The summed E-state index contributed by atoms with van der Waals surface area (Å²) in [5.74, 6) is -3.12. The van der Waals surface area contributed by atoms with Crippen LogP contribution in [0.5, 0.6) is 5.75 Å². The molecule has 1 aliphatic carbocycles. The minimum atomic E-state index is -1.83. The van der Waals surface area contributed by atoms with Crippen molar-refractivity contribution in [2.24, 2.45) is 0 Å². The number of carbonyl (C=O) groups is 2. The number of aliphatic carboxylic acids is 2. The monoisotopic (exact) mass is 402 g/mol. The first kappa shape index (κ1) is 21.9. The van der Waals surface area contributed by atoms with E-state index >= 15 is 0 Å². The van der Waals surface area contributed by atoms with Gasteiger partial charge in [0.2, 0.25) is 0 Å². The summed E-state index contributed by atoms with van der Waals surface area (Å²) in [5, 5.41) is 17.0. The molecule has 1 atom stereocenters. The SMILES string of the molecule is CC(=O)O.CCC(OC1=CC=CC(Cl)(Cl)C1)(Oc1ccccc1)C(=O)O. The Hall–Kier alpha value is -2.18. The van der Waals surface area contributed by atoms with Crippen molar-refractivity contribution in [2.45, 2.75) is 36.8 Å². The predicted molar refractivity (Wildman–Crippen MR) is 98.4 cm³/mol. The van der Waals surface area contributed by atoms with Crippen molar-refractivity contribution < 1.29 is 29.3 Å². The van der Waals surface area contributed by atoms with E-state index in [1.54, 1.807) is 49.4 Å². The molecule has 8 heteroatoms. The average molecular weight is 403 g/mol. The van der Waals surface area contributed by atoms with E-state index in [1.165, 1.54) is 0 Å². The number of hydrogen-bond donors (Lipinski definition) is 2. The quantitative estimate of drug-likeness (QED) is 0.541. The van der Waals surface area contributed by atoms with Crippen molar-refractivity contribution in [1.82, 2.24) is 0 Å². The van der Waals surface area contributed by atoms with Crippen molar-refractivity contribution >= 4 is 35.1 Å². The van der Waals surface area contributed by atoms with Crippen LogP contribution in [0.2, 0.25) is 0 Å². The van der Waals surface area contributed by atoms with Gasteiger partial charge in [-0.25, -0.2) is 4.79 Å². The van der Waals surface area contributed by atoms with Crippen LogP contribution in [0.3, 0.4) is 0 Å². The van der Waals surface area contributed by atoms with E-state index in [9.17, 15) is 9.90 Å². The molecule has 0 aromatic heterocycles. The molecule has 0 heterocycles. The molecule has 0 aliphatic heterocycles. The normalized spacial score (nSPS) is 17.0. The van der Waals surface area contributed by atoms with Crippen molar-refractivity contribution in [3.63, 3.8) is 0 Å². The van der Waals surface area contributed by atoms with Crippen molar-refractivity contribution in [3.05, 3.63) is 54.3 Å². The molecule has 0 bridgehead atoms. The van der Waals surface area contributed by atoms with Gasteiger partial charge in [0.25, 0.3) is 5.97 Å². The lowest BCUT2D eigenvalue weighted by Gasteiger charge is -2.32. The number of carboxylic acids is 2. The van der Waals surface area contributed by atoms with Crippen molar-refractivity contribution in [1.29, 1.82) is 0 Å². The first-order valence-electron chi connectivity index (χ1n) is 7.72. The van der Waals surface area contributed by atoms with Gasteiger partial charge in [0.1, 0.15) is 15.8 Å². The number of alkyl halides is 2. The Balaban J connectivity index is 0.000000765. The molecule has 142 valence electrons. The fourth-order valence-corrected chi connectivity index (χ4v) is 2.42. The largest absolute Gasteiger partial charge is 0.481 e. The third kappa shape index (κ3) is 6.98. The van der Waals surface area contributed by atoms with Crippen LogP contribution in [0.4, 0.5) is 0 Å². The third-order valence-corrected chi connectivity index (χ3v) is 3.66. The maximum absolute atomic E-state index is 11.7. The van der Waals surface area contributed by atoms with E-state index in [1.807, 2.05) is 6.07 Å². The molecule has 1 unspecified atom stereocenters. The van der Waals surface area contributed by atoms with E-state index in [2.05, 4.69) is 0 Å². The summed E-state index contributed by atoms with van der Waals surface area (Å²) in [6, 6.07) is 8.65. The van der Waals surface area contributed by atoms with Crippen LogP contribution >= 0.6 is 23.2 Å². The van der Waals surface area contributed by atoms with Gasteiger partial charge in [0.05, 0.1) is 0 Å². The first-order valence-corrected chi connectivity index (χ1v) is 8.48. The van der Waals surface area contributed by atoms with Crippen LogP contribution in [0.25, 0.3) is 0 Å². The van der Waals surface area contributed by atoms with E-state index in [0.29, 0.717) is 11.5 Å². The predicted octanol–water partition coefficient (Wildman–Crippen LogP) is 4.38. The minimum Gasteiger partial charge on any atom is -0.481 e. The second kappa shape index (κ2) is 9.50. The van der Waals surface area contributed by atoms with Crippen LogP contribution in [0.1, 0.15) is 26.7 Å². The van der Waals surface area contributed by atoms with Gasteiger partial charge < -0.3 is 19.7 Å². The Morgan fingerprint density at radius 1 is 1.19 bits per heavy atom. The Labute approximate surface area is 161 Å². The molecular weight excluding hydrogens is 383 g/mol. The number of ether oxygens (including phenoxy) is 2. The standard InChI is InChI=1S/C16H16Cl2O4.C2H4O2/c1-2-16(14(19)20,21-12-7-4-3-5-8-12)22-13-9-6-10-15(17,18)11-13;1-2(3)4/h3-10H,2,11H2,1H3,(H,19,20);1H3,(H,3,4). The molecule has 1 aromatic rings. The lowest BCUT2D eigenvalue weighted by molar-refractivity contribution is -0.201. The Kier molecular flexibility index (Phi) is 7.99. The smallest absolute Gasteiger partial charge is 0.390 e. The highest BCUT2D eigenvalue weighted by Gasteiger charge is 2.44. The summed E-state index contributed by atoms with van der Waals surface area (Å²) >= 11 is 12.1. The third-order valence-electron chi connectivity index (χ3n) is 3.15. The molecule has 2 rings (SSSR count). The molecule has 0 radical (unpaired) electrons. The summed E-state index contributed by atoms with van der Waals surface area (Å²) in [7, 11) is 0. The van der Waals surface area contributed by atoms with E-state index < -0.39 is 22.1 Å². The molecule has 1 aliphatic rings. The molecule has 0 fully saturated rings. The second-order valence-electron chi connectivity index (χ2n) is 5.38. The Morgan fingerprint density at radius 2 is 1.77 bits per heavy atom. The second-order valence-corrected chi connectivity index (χ2v) is 6.92. The maximum Gasteiger partial charge on any atom is 0.390 e. The van der Waals surface area contributed by atoms with Gasteiger partial charge in [-0.2, -0.15) is 0 Å². The van der Waals surface area contributed by atoms with Gasteiger partial charge in [0, 0.05) is 19.8 Å². The van der Waals surface area contributed by atoms with Crippen LogP contribution in [-0.4, -0.2) is 32.3 Å². The highest BCUT2D eigenvalue weighted by Crippen LogP contribution is 2.36. The molecule has 1 aromatic carbocycles. The highest BCUT2D eigenvalue weighted by molar-refractivity contribution is 6.50. The average Bonchev–Trinajstić information content (AvgIpc) is 2.53. The highest BCUT2D eigenvalue weighted by atomic mass is 35.5. The lowest BCUT2D eigenvalue weighted by atomic mass is 10.1.